The van der Waals surface area contributed by atoms with E-state index in [2.05, 4.69) is 15.0 Å². The first-order valence-corrected chi connectivity index (χ1v) is 5.88. The lowest BCUT2D eigenvalue weighted by Crippen LogP contribution is -1.90. The molecule has 4 nitrogen and oxygen atoms in total. The Balaban J connectivity index is 2.04. The van der Waals surface area contributed by atoms with E-state index in [1.54, 1.807) is 12.3 Å². The Morgan fingerprint density at radius 2 is 2.12 bits per heavy atom. The highest BCUT2D eigenvalue weighted by atomic mass is 32.2. The zero-order chi connectivity index (χ0) is 11.7. The second-order valence-electron chi connectivity index (χ2n) is 3.44. The molecule has 1 aliphatic rings. The second-order valence-corrected chi connectivity index (χ2v) is 4.33. The number of aliphatic imine (C=N–C) groups is 1. The van der Waals surface area contributed by atoms with Crippen molar-refractivity contribution in [3.8, 4) is 0 Å². The number of amides is 1. The third-order valence-corrected chi connectivity index (χ3v) is 3.07. The van der Waals surface area contributed by atoms with Gasteiger partial charge in [0.1, 0.15) is 0 Å². The number of aromatic nitrogens is 2. The summed E-state index contributed by atoms with van der Waals surface area (Å²) in [6, 6.07) is 7.46. The molecule has 1 aliphatic heterocycles. The molecule has 0 bridgehead atoms. The van der Waals surface area contributed by atoms with Crippen LogP contribution < -0.4 is 0 Å². The first-order chi connectivity index (χ1) is 8.33. The van der Waals surface area contributed by atoms with E-state index in [0.29, 0.717) is 4.91 Å². The van der Waals surface area contributed by atoms with Crippen LogP contribution in [0.15, 0.2) is 40.4 Å². The zero-order valence-corrected chi connectivity index (χ0v) is 9.52. The summed E-state index contributed by atoms with van der Waals surface area (Å²) >= 11 is 1.31. The minimum atomic E-state index is -0.205. The van der Waals surface area contributed by atoms with Crippen molar-refractivity contribution in [1.29, 1.82) is 0 Å². The summed E-state index contributed by atoms with van der Waals surface area (Å²) in [6.45, 7) is 0. The molecule has 0 aliphatic carbocycles. The Hall–Kier alpha value is -2.01. The number of thioether (sulfide) groups is 1. The van der Waals surface area contributed by atoms with Crippen LogP contribution in [0.2, 0.25) is 0 Å². The van der Waals surface area contributed by atoms with E-state index >= 15 is 0 Å². The molecule has 1 amide bonds. The van der Waals surface area contributed by atoms with E-state index in [-0.39, 0.29) is 5.91 Å². The fraction of sp³-hybridized carbons (Fsp3) is 0. The largest absolute Gasteiger partial charge is 0.284 e. The van der Waals surface area contributed by atoms with Crippen LogP contribution in [0.5, 0.6) is 0 Å². The lowest BCUT2D eigenvalue weighted by Gasteiger charge is -1.98. The molecule has 17 heavy (non-hydrogen) atoms. The molecule has 0 N–H and O–H groups in total. The van der Waals surface area contributed by atoms with Gasteiger partial charge in [-0.1, -0.05) is 11.8 Å². The Kier molecular flexibility index (Phi) is 2.45. The summed E-state index contributed by atoms with van der Waals surface area (Å²) in [5.74, 6) is -0.205. The standard InChI is InChI=1S/C12H7N3OS/c16-12-11(17-7-14-12)6-8-3-4-9-10(15-8)2-1-5-13-9/h1-7H. The predicted octanol–water partition coefficient (Wildman–Crippen LogP) is 2.27. The molecular weight excluding hydrogens is 234 g/mol. The number of carbonyl (C=O) groups is 1. The first kappa shape index (κ1) is 10.2. The minimum absolute atomic E-state index is 0.205. The molecule has 5 heteroatoms. The van der Waals surface area contributed by atoms with Crippen LogP contribution >= 0.6 is 11.8 Å². The molecule has 0 saturated heterocycles. The molecule has 0 saturated carbocycles. The first-order valence-electron chi connectivity index (χ1n) is 5.00. The average molecular weight is 241 g/mol. The van der Waals surface area contributed by atoms with E-state index in [0.717, 1.165) is 16.7 Å². The van der Waals surface area contributed by atoms with Crippen molar-refractivity contribution in [2.24, 2.45) is 4.99 Å². The van der Waals surface area contributed by atoms with Crippen molar-refractivity contribution in [3.63, 3.8) is 0 Å². The van der Waals surface area contributed by atoms with Crippen LogP contribution in [-0.2, 0) is 4.79 Å². The van der Waals surface area contributed by atoms with Crippen molar-refractivity contribution in [2.75, 3.05) is 0 Å². The zero-order valence-electron chi connectivity index (χ0n) is 8.70. The fourth-order valence-corrected chi connectivity index (χ4v) is 2.13. The van der Waals surface area contributed by atoms with Gasteiger partial charge in [0.2, 0.25) is 0 Å². The van der Waals surface area contributed by atoms with Gasteiger partial charge < -0.3 is 0 Å². The van der Waals surface area contributed by atoms with Crippen LogP contribution in [0, 0.1) is 0 Å². The summed E-state index contributed by atoms with van der Waals surface area (Å²) in [7, 11) is 0. The number of hydrogen-bond acceptors (Lipinski definition) is 4. The Labute approximate surface area is 101 Å². The molecule has 0 radical (unpaired) electrons. The third-order valence-electron chi connectivity index (χ3n) is 2.32. The summed E-state index contributed by atoms with van der Waals surface area (Å²) in [5, 5.41) is 0. The normalized spacial score (nSPS) is 17.2. The van der Waals surface area contributed by atoms with Gasteiger partial charge in [-0.25, -0.2) is 9.98 Å². The third kappa shape index (κ3) is 1.97. The van der Waals surface area contributed by atoms with Gasteiger partial charge in [0.25, 0.3) is 5.91 Å². The molecule has 2 aromatic rings. The lowest BCUT2D eigenvalue weighted by atomic mass is 10.2. The molecular formula is C12H7N3OS. The molecule has 3 rings (SSSR count). The van der Waals surface area contributed by atoms with E-state index < -0.39 is 0 Å². The number of pyridine rings is 2. The highest BCUT2D eigenvalue weighted by molar-refractivity contribution is 8.16. The lowest BCUT2D eigenvalue weighted by molar-refractivity contribution is -0.113. The summed E-state index contributed by atoms with van der Waals surface area (Å²) in [5.41, 5.74) is 3.94. The van der Waals surface area contributed by atoms with Gasteiger partial charge in [-0.15, -0.1) is 0 Å². The monoisotopic (exact) mass is 241 g/mol. The van der Waals surface area contributed by atoms with Crippen LogP contribution in [0.4, 0.5) is 0 Å². The molecule has 0 fully saturated rings. The summed E-state index contributed by atoms with van der Waals surface area (Å²) in [4.78, 5) is 24.2. The maximum absolute atomic E-state index is 11.3. The van der Waals surface area contributed by atoms with Gasteiger partial charge in [0, 0.05) is 6.20 Å². The maximum atomic E-state index is 11.3. The average Bonchev–Trinajstić information content (AvgIpc) is 2.75. The number of carbonyl (C=O) groups excluding carboxylic acids is 1. The summed E-state index contributed by atoms with van der Waals surface area (Å²) in [6.07, 6.45) is 3.47. The smallest absolute Gasteiger partial charge is 0.266 e. The van der Waals surface area contributed by atoms with E-state index in [4.69, 9.17) is 0 Å². The molecule has 0 spiro atoms. The molecule has 0 aromatic carbocycles. The van der Waals surface area contributed by atoms with Crippen LogP contribution in [0.25, 0.3) is 17.1 Å². The highest BCUT2D eigenvalue weighted by Crippen LogP contribution is 2.23. The SMILES string of the molecule is O=C1N=CSC1=Cc1ccc2ncccc2n1. The van der Waals surface area contributed by atoms with Gasteiger partial charge in [-0.05, 0) is 30.3 Å². The molecule has 0 atom stereocenters. The second kappa shape index (κ2) is 4.10. The van der Waals surface area contributed by atoms with Crippen LogP contribution in [-0.4, -0.2) is 21.4 Å². The molecule has 3 heterocycles. The van der Waals surface area contributed by atoms with Crippen molar-refractivity contribution in [3.05, 3.63) is 41.1 Å². The predicted molar refractivity (Wildman–Crippen MR) is 68.6 cm³/mol. The molecule has 82 valence electrons. The van der Waals surface area contributed by atoms with E-state index in [1.807, 2.05) is 24.3 Å². The van der Waals surface area contributed by atoms with Gasteiger partial charge in [0.05, 0.1) is 27.2 Å². The maximum Gasteiger partial charge on any atom is 0.284 e. The van der Waals surface area contributed by atoms with Gasteiger partial charge >= 0.3 is 0 Å². The number of nitrogens with zero attached hydrogens (tertiary/aromatic N) is 3. The summed E-state index contributed by atoms with van der Waals surface area (Å²) < 4.78 is 0. The number of rotatable bonds is 1. The van der Waals surface area contributed by atoms with Gasteiger partial charge in [-0.2, -0.15) is 0 Å². The van der Waals surface area contributed by atoms with Crippen molar-refractivity contribution in [1.82, 2.24) is 9.97 Å². The van der Waals surface area contributed by atoms with E-state index in [9.17, 15) is 4.79 Å². The Morgan fingerprint density at radius 1 is 1.18 bits per heavy atom. The quantitative estimate of drug-likeness (QED) is 0.719. The Morgan fingerprint density at radius 3 is 2.94 bits per heavy atom. The Bertz CT molecular complexity index is 664. The highest BCUT2D eigenvalue weighted by Gasteiger charge is 2.13. The van der Waals surface area contributed by atoms with Crippen molar-refractivity contribution >= 4 is 40.3 Å². The van der Waals surface area contributed by atoms with Crippen molar-refractivity contribution < 1.29 is 4.79 Å². The van der Waals surface area contributed by atoms with E-state index in [1.165, 1.54) is 17.3 Å². The minimum Gasteiger partial charge on any atom is -0.266 e. The molecule has 0 unspecified atom stereocenters. The number of hydrogen-bond donors (Lipinski definition) is 0. The van der Waals surface area contributed by atoms with Crippen LogP contribution in [0.1, 0.15) is 5.69 Å². The van der Waals surface area contributed by atoms with Gasteiger partial charge in [0.15, 0.2) is 0 Å². The number of fused-ring (bicyclic) bond motifs is 1. The van der Waals surface area contributed by atoms with Crippen molar-refractivity contribution in [2.45, 2.75) is 0 Å². The van der Waals surface area contributed by atoms with Gasteiger partial charge in [-0.3, -0.25) is 9.78 Å². The fourth-order valence-electron chi connectivity index (χ4n) is 1.53. The van der Waals surface area contributed by atoms with Crippen LogP contribution in [0.3, 0.4) is 0 Å². The molecule has 2 aromatic heterocycles. The topological polar surface area (TPSA) is 55.2 Å².